The highest BCUT2D eigenvalue weighted by Crippen LogP contribution is 2.55. The van der Waals surface area contributed by atoms with Gasteiger partial charge in [0.05, 0.1) is 0 Å². The number of carboxylic acids is 1. The van der Waals surface area contributed by atoms with E-state index in [0.717, 1.165) is 0 Å². The maximum atomic E-state index is 11.6. The van der Waals surface area contributed by atoms with E-state index in [1.807, 2.05) is 0 Å². The van der Waals surface area contributed by atoms with Gasteiger partial charge in [0.25, 0.3) is 0 Å². The third-order valence-corrected chi connectivity index (χ3v) is 4.76. The molecule has 3 rings (SSSR count). The van der Waals surface area contributed by atoms with Gasteiger partial charge in [-0.25, -0.2) is 0 Å². The van der Waals surface area contributed by atoms with E-state index in [-0.39, 0.29) is 12.8 Å². The summed E-state index contributed by atoms with van der Waals surface area (Å²) in [6.07, 6.45) is -0.546. The molecule has 1 saturated carbocycles. The molecule has 2 aromatic carbocycles. The first-order valence-electron chi connectivity index (χ1n) is 7.40. The van der Waals surface area contributed by atoms with E-state index in [9.17, 15) is 20.1 Å². The molecule has 0 amide bonds. The van der Waals surface area contributed by atoms with Crippen molar-refractivity contribution in [2.24, 2.45) is 5.73 Å². The molecule has 0 heterocycles. The van der Waals surface area contributed by atoms with Crippen LogP contribution in [-0.2, 0) is 16.0 Å². The molecule has 1 aliphatic carbocycles. The minimum atomic E-state index is -1.79. The molecule has 5 heteroatoms. The summed E-state index contributed by atoms with van der Waals surface area (Å²) >= 11 is 0. The predicted molar refractivity (Wildman–Crippen MR) is 84.5 cm³/mol. The van der Waals surface area contributed by atoms with Gasteiger partial charge in [-0.2, -0.15) is 0 Å². The van der Waals surface area contributed by atoms with Gasteiger partial charge in [-0.15, -0.1) is 0 Å². The van der Waals surface area contributed by atoms with E-state index in [4.69, 9.17) is 5.73 Å². The Morgan fingerprint density at radius 2 is 1.17 bits per heavy atom. The molecule has 2 atom stereocenters. The van der Waals surface area contributed by atoms with Gasteiger partial charge in [-0.05, 0) is 11.1 Å². The molecule has 23 heavy (non-hydrogen) atoms. The Bertz CT molecular complexity index is 665. The third kappa shape index (κ3) is 2.25. The Morgan fingerprint density at radius 3 is 1.48 bits per heavy atom. The molecule has 2 aromatic rings. The summed E-state index contributed by atoms with van der Waals surface area (Å²) in [6.45, 7) is 0. The minimum Gasteiger partial charge on any atom is -0.480 e. The van der Waals surface area contributed by atoms with Gasteiger partial charge in [0, 0.05) is 12.8 Å². The number of aliphatic hydroxyl groups is 2. The van der Waals surface area contributed by atoms with Crippen LogP contribution in [0.4, 0.5) is 0 Å². The maximum Gasteiger partial charge on any atom is 0.323 e. The van der Waals surface area contributed by atoms with Crippen molar-refractivity contribution in [3.8, 4) is 0 Å². The van der Waals surface area contributed by atoms with Gasteiger partial charge in [0.1, 0.15) is 16.7 Å². The average molecular weight is 313 g/mol. The summed E-state index contributed by atoms with van der Waals surface area (Å²) in [5, 5.41) is 32.1. The zero-order valence-electron chi connectivity index (χ0n) is 12.5. The van der Waals surface area contributed by atoms with Gasteiger partial charge >= 0.3 is 5.97 Å². The molecular weight excluding hydrogens is 294 g/mol. The first-order valence-corrected chi connectivity index (χ1v) is 7.40. The van der Waals surface area contributed by atoms with Crippen molar-refractivity contribution in [3.63, 3.8) is 0 Å². The molecule has 5 N–H and O–H groups in total. The minimum absolute atomic E-state index is 0.273. The SMILES string of the molecule is NC1(C(=O)O)C[C@@](O)(c2ccccc2)[C@](O)(c2ccccc2)C1. The Morgan fingerprint density at radius 1 is 0.826 bits per heavy atom. The van der Waals surface area contributed by atoms with Crippen molar-refractivity contribution in [1.82, 2.24) is 0 Å². The van der Waals surface area contributed by atoms with Crippen molar-refractivity contribution in [2.75, 3.05) is 0 Å². The van der Waals surface area contributed by atoms with E-state index >= 15 is 0 Å². The monoisotopic (exact) mass is 313 g/mol. The number of hydrogen-bond acceptors (Lipinski definition) is 4. The first kappa shape index (κ1) is 15.7. The molecule has 0 unspecified atom stereocenters. The summed E-state index contributed by atoms with van der Waals surface area (Å²) in [6, 6.07) is 17.2. The van der Waals surface area contributed by atoms with Crippen molar-refractivity contribution in [2.45, 2.75) is 29.6 Å². The third-order valence-electron chi connectivity index (χ3n) is 4.76. The van der Waals surface area contributed by atoms with Crippen LogP contribution in [-0.4, -0.2) is 26.8 Å². The van der Waals surface area contributed by atoms with Crippen LogP contribution in [0.2, 0.25) is 0 Å². The molecule has 0 aromatic heterocycles. The van der Waals surface area contributed by atoms with Gasteiger partial charge in [0.15, 0.2) is 0 Å². The van der Waals surface area contributed by atoms with E-state index in [1.165, 1.54) is 0 Å². The normalized spacial score (nSPS) is 29.3. The van der Waals surface area contributed by atoms with Crippen molar-refractivity contribution in [1.29, 1.82) is 0 Å². The second-order valence-electron chi connectivity index (χ2n) is 6.27. The highest BCUT2D eigenvalue weighted by Gasteiger charge is 2.65. The lowest BCUT2D eigenvalue weighted by molar-refractivity contribution is -0.143. The molecule has 0 spiro atoms. The van der Waals surface area contributed by atoms with Crippen LogP contribution in [0.3, 0.4) is 0 Å². The molecule has 0 saturated heterocycles. The van der Waals surface area contributed by atoms with Crippen LogP contribution in [0.1, 0.15) is 24.0 Å². The standard InChI is InChI=1S/C18H19NO4/c19-16(15(20)21)11-17(22,13-7-3-1-4-8-13)18(23,12-16)14-9-5-2-6-10-14/h1-10,22-23H,11-12,19H2,(H,20,21)/t17-,18-/m1/s1. The zero-order valence-corrected chi connectivity index (χ0v) is 12.5. The van der Waals surface area contributed by atoms with Crippen LogP contribution in [0.15, 0.2) is 60.7 Å². The van der Waals surface area contributed by atoms with E-state index < -0.39 is 22.7 Å². The second-order valence-corrected chi connectivity index (χ2v) is 6.27. The summed E-state index contributed by atoms with van der Waals surface area (Å²) < 4.78 is 0. The predicted octanol–water partition coefficient (Wildman–Crippen LogP) is 1.34. The molecular formula is C18H19NO4. The Balaban J connectivity index is 2.20. The molecule has 5 nitrogen and oxygen atoms in total. The fourth-order valence-electron chi connectivity index (χ4n) is 3.53. The number of benzene rings is 2. The first-order chi connectivity index (χ1) is 10.8. The van der Waals surface area contributed by atoms with Crippen LogP contribution in [0.5, 0.6) is 0 Å². The molecule has 0 bridgehead atoms. The number of carboxylic acid groups (broad SMARTS) is 1. The number of aliphatic carboxylic acids is 1. The smallest absolute Gasteiger partial charge is 0.323 e. The van der Waals surface area contributed by atoms with Crippen LogP contribution in [0, 0.1) is 0 Å². The quantitative estimate of drug-likeness (QED) is 0.684. The topological polar surface area (TPSA) is 104 Å². The molecule has 0 radical (unpaired) electrons. The fraction of sp³-hybridized carbons (Fsp3) is 0.278. The van der Waals surface area contributed by atoms with E-state index in [0.29, 0.717) is 11.1 Å². The lowest BCUT2D eigenvalue weighted by Crippen LogP contribution is -2.47. The summed E-state index contributed by atoms with van der Waals surface area (Å²) in [5.41, 5.74) is 1.61. The lowest BCUT2D eigenvalue weighted by Gasteiger charge is -2.38. The summed E-state index contributed by atoms with van der Waals surface area (Å²) in [7, 11) is 0. The van der Waals surface area contributed by atoms with Crippen LogP contribution in [0.25, 0.3) is 0 Å². The second kappa shape index (κ2) is 5.16. The molecule has 0 aliphatic heterocycles. The van der Waals surface area contributed by atoms with Crippen LogP contribution < -0.4 is 5.73 Å². The number of hydrogen-bond donors (Lipinski definition) is 4. The fourth-order valence-corrected chi connectivity index (χ4v) is 3.53. The maximum absolute atomic E-state index is 11.6. The summed E-state index contributed by atoms with van der Waals surface area (Å²) in [4.78, 5) is 11.6. The lowest BCUT2D eigenvalue weighted by atomic mass is 9.76. The van der Waals surface area contributed by atoms with Crippen molar-refractivity contribution >= 4 is 5.97 Å². The van der Waals surface area contributed by atoms with E-state index in [2.05, 4.69) is 0 Å². The Kier molecular flexibility index (Phi) is 3.52. The largest absolute Gasteiger partial charge is 0.480 e. The van der Waals surface area contributed by atoms with Gasteiger partial charge in [-0.1, -0.05) is 60.7 Å². The highest BCUT2D eigenvalue weighted by atomic mass is 16.4. The number of carbonyl (C=O) groups is 1. The molecule has 1 aliphatic rings. The van der Waals surface area contributed by atoms with Gasteiger partial charge in [0.2, 0.25) is 0 Å². The summed E-state index contributed by atoms with van der Waals surface area (Å²) in [5.74, 6) is -1.24. The van der Waals surface area contributed by atoms with Crippen molar-refractivity contribution in [3.05, 3.63) is 71.8 Å². The molecule has 120 valence electrons. The van der Waals surface area contributed by atoms with E-state index in [1.54, 1.807) is 60.7 Å². The highest BCUT2D eigenvalue weighted by molar-refractivity contribution is 5.80. The van der Waals surface area contributed by atoms with Gasteiger partial charge in [-0.3, -0.25) is 4.79 Å². The molecule has 1 fully saturated rings. The zero-order chi connectivity index (χ0) is 16.7. The van der Waals surface area contributed by atoms with Crippen molar-refractivity contribution < 1.29 is 20.1 Å². The van der Waals surface area contributed by atoms with Gasteiger partial charge < -0.3 is 21.1 Å². The number of nitrogens with two attached hydrogens (primary N) is 1. The van der Waals surface area contributed by atoms with Crippen LogP contribution >= 0.6 is 0 Å². The number of rotatable bonds is 3. The Labute approximate surface area is 134 Å². The Hall–Kier alpha value is -2.21. The average Bonchev–Trinajstić information content (AvgIpc) is 2.78.